The Morgan fingerprint density at radius 2 is 2.00 bits per heavy atom. The molecule has 2 saturated heterocycles. The third kappa shape index (κ3) is 1.89. The van der Waals surface area contributed by atoms with E-state index in [4.69, 9.17) is 19.3 Å². The zero-order chi connectivity index (χ0) is 11.2. The van der Waals surface area contributed by atoms with Crippen molar-refractivity contribution in [2.45, 2.75) is 50.3 Å². The van der Waals surface area contributed by atoms with Gasteiger partial charge in [0.15, 0.2) is 12.1 Å². The molecule has 0 radical (unpaired) electrons. The third-order valence-electron chi connectivity index (χ3n) is 2.62. The molecule has 5 atom stereocenters. The second-order valence-electron chi connectivity index (χ2n) is 4.31. The van der Waals surface area contributed by atoms with Gasteiger partial charge in [-0.15, -0.1) is 0 Å². The Labute approximate surface area is 87.4 Å². The largest absolute Gasteiger partial charge is 0.394 e. The van der Waals surface area contributed by atoms with Crippen LogP contribution in [0.15, 0.2) is 0 Å². The van der Waals surface area contributed by atoms with Crippen molar-refractivity contribution in [1.82, 2.24) is 0 Å². The van der Waals surface area contributed by atoms with Crippen LogP contribution < -0.4 is 0 Å². The number of hydrogen-bond acceptors (Lipinski definition) is 6. The van der Waals surface area contributed by atoms with Gasteiger partial charge in [-0.3, -0.25) is 0 Å². The van der Waals surface area contributed by atoms with Gasteiger partial charge in [0.1, 0.15) is 24.4 Å². The van der Waals surface area contributed by atoms with Gasteiger partial charge in [0.25, 0.3) is 0 Å². The quantitative estimate of drug-likeness (QED) is 0.529. The van der Waals surface area contributed by atoms with Crippen LogP contribution in [-0.4, -0.2) is 58.4 Å². The highest BCUT2D eigenvalue weighted by molar-refractivity contribution is 4.95. The lowest BCUT2D eigenvalue weighted by molar-refractivity contribution is -0.227. The molecule has 88 valence electrons. The fraction of sp³-hybridized carbons (Fsp3) is 1.00. The van der Waals surface area contributed by atoms with E-state index in [0.29, 0.717) is 0 Å². The minimum atomic E-state index is -1.12. The molecule has 0 aliphatic carbocycles. The van der Waals surface area contributed by atoms with Gasteiger partial charge >= 0.3 is 0 Å². The van der Waals surface area contributed by atoms with E-state index in [0.717, 1.165) is 0 Å². The highest BCUT2D eigenvalue weighted by atomic mass is 16.8. The molecular weight excluding hydrogens is 204 g/mol. The van der Waals surface area contributed by atoms with Gasteiger partial charge in [-0.05, 0) is 13.8 Å². The molecule has 0 amide bonds. The lowest BCUT2D eigenvalue weighted by atomic mass is 10.1. The molecule has 2 rings (SSSR count). The van der Waals surface area contributed by atoms with Crippen molar-refractivity contribution in [3.8, 4) is 0 Å². The van der Waals surface area contributed by atoms with Crippen molar-refractivity contribution < 1.29 is 29.5 Å². The van der Waals surface area contributed by atoms with E-state index < -0.39 is 43.1 Å². The van der Waals surface area contributed by atoms with Crippen molar-refractivity contribution >= 4 is 0 Å². The van der Waals surface area contributed by atoms with Gasteiger partial charge in [0.05, 0.1) is 6.61 Å². The van der Waals surface area contributed by atoms with Gasteiger partial charge in [-0.1, -0.05) is 0 Å². The monoisotopic (exact) mass is 220 g/mol. The summed E-state index contributed by atoms with van der Waals surface area (Å²) in [7, 11) is 0. The Morgan fingerprint density at radius 3 is 2.53 bits per heavy atom. The van der Waals surface area contributed by atoms with Crippen molar-refractivity contribution in [3.63, 3.8) is 0 Å². The molecule has 2 unspecified atom stereocenters. The number of aliphatic hydroxyl groups is 3. The minimum Gasteiger partial charge on any atom is -0.394 e. The fourth-order valence-electron chi connectivity index (χ4n) is 1.94. The zero-order valence-electron chi connectivity index (χ0n) is 8.66. The molecule has 0 bridgehead atoms. The first-order valence-electron chi connectivity index (χ1n) is 4.93. The van der Waals surface area contributed by atoms with Gasteiger partial charge in [-0.2, -0.15) is 0 Å². The van der Waals surface area contributed by atoms with Crippen LogP contribution >= 0.6 is 0 Å². The molecule has 0 aromatic rings. The van der Waals surface area contributed by atoms with E-state index in [-0.39, 0.29) is 0 Å². The summed E-state index contributed by atoms with van der Waals surface area (Å²) in [6, 6.07) is 0. The Morgan fingerprint density at radius 1 is 1.33 bits per heavy atom. The maximum atomic E-state index is 9.79. The molecule has 6 heteroatoms. The van der Waals surface area contributed by atoms with Crippen LogP contribution in [-0.2, 0) is 14.2 Å². The van der Waals surface area contributed by atoms with Crippen LogP contribution in [0.2, 0.25) is 0 Å². The van der Waals surface area contributed by atoms with E-state index >= 15 is 0 Å². The summed E-state index contributed by atoms with van der Waals surface area (Å²) in [5.41, 5.74) is 0. The molecule has 2 heterocycles. The highest BCUT2D eigenvalue weighted by Crippen LogP contribution is 2.38. The summed E-state index contributed by atoms with van der Waals surface area (Å²) in [5, 5.41) is 27.9. The molecule has 3 N–H and O–H groups in total. The van der Waals surface area contributed by atoms with Crippen LogP contribution in [0.4, 0.5) is 0 Å². The predicted molar refractivity (Wildman–Crippen MR) is 47.8 cm³/mol. The van der Waals surface area contributed by atoms with Crippen molar-refractivity contribution in [2.75, 3.05) is 6.61 Å². The average Bonchev–Trinajstić information content (AvgIpc) is 2.60. The first-order chi connectivity index (χ1) is 6.94. The topological polar surface area (TPSA) is 88.4 Å². The second kappa shape index (κ2) is 3.65. The summed E-state index contributed by atoms with van der Waals surface area (Å²) < 4.78 is 16.1. The maximum Gasteiger partial charge on any atom is 0.190 e. The van der Waals surface area contributed by atoms with E-state index in [2.05, 4.69) is 0 Å². The fourth-order valence-corrected chi connectivity index (χ4v) is 1.94. The average molecular weight is 220 g/mol. The Hall–Kier alpha value is -0.240. The lowest BCUT2D eigenvalue weighted by Crippen LogP contribution is -2.42. The molecule has 0 aromatic heterocycles. The standard InChI is InChI=1S/C9H16O6/c1-9(2)14-7-5(12)6(4(11)3-10)13-8(7)15-9/h4-8,10-12H,3H2,1-2H3/t4-,5?,6-,7?,8-/m1/s1. The van der Waals surface area contributed by atoms with Crippen molar-refractivity contribution in [2.24, 2.45) is 0 Å². The van der Waals surface area contributed by atoms with Gasteiger partial charge in [-0.25, -0.2) is 0 Å². The molecule has 2 fully saturated rings. The highest BCUT2D eigenvalue weighted by Gasteiger charge is 2.55. The zero-order valence-corrected chi connectivity index (χ0v) is 8.66. The third-order valence-corrected chi connectivity index (χ3v) is 2.62. The smallest absolute Gasteiger partial charge is 0.190 e. The number of aliphatic hydroxyl groups excluding tert-OH is 3. The number of ether oxygens (including phenoxy) is 3. The van der Waals surface area contributed by atoms with Crippen LogP contribution in [0.3, 0.4) is 0 Å². The Kier molecular flexibility index (Phi) is 2.74. The normalized spacial score (nSPS) is 45.4. The van der Waals surface area contributed by atoms with E-state index in [1.165, 1.54) is 0 Å². The number of hydrogen-bond donors (Lipinski definition) is 3. The summed E-state index contributed by atoms with van der Waals surface area (Å²) >= 11 is 0. The van der Waals surface area contributed by atoms with Crippen molar-refractivity contribution in [3.05, 3.63) is 0 Å². The van der Waals surface area contributed by atoms with Gasteiger partial charge in [0.2, 0.25) is 0 Å². The molecule has 15 heavy (non-hydrogen) atoms. The van der Waals surface area contributed by atoms with Crippen molar-refractivity contribution in [1.29, 1.82) is 0 Å². The maximum absolute atomic E-state index is 9.79. The SMILES string of the molecule is CC1(C)OC2C(O)[C@@H]([C@H](O)CO)O[C@@H]2O1. The summed E-state index contributed by atoms with van der Waals surface area (Å²) in [6.07, 6.45) is -4.26. The summed E-state index contributed by atoms with van der Waals surface area (Å²) in [4.78, 5) is 0. The van der Waals surface area contributed by atoms with Crippen LogP contribution in [0.25, 0.3) is 0 Å². The first kappa shape index (κ1) is 11.3. The van der Waals surface area contributed by atoms with E-state index in [1.54, 1.807) is 13.8 Å². The Balaban J connectivity index is 2.05. The molecule has 2 aliphatic rings. The van der Waals surface area contributed by atoms with E-state index in [1.807, 2.05) is 0 Å². The van der Waals surface area contributed by atoms with Crippen LogP contribution in [0, 0.1) is 0 Å². The van der Waals surface area contributed by atoms with E-state index in [9.17, 15) is 10.2 Å². The first-order valence-corrected chi connectivity index (χ1v) is 4.93. The molecule has 6 nitrogen and oxygen atoms in total. The molecule has 0 aromatic carbocycles. The van der Waals surface area contributed by atoms with Crippen LogP contribution in [0.5, 0.6) is 0 Å². The Bertz CT molecular complexity index is 243. The molecular formula is C9H16O6. The molecule has 0 spiro atoms. The van der Waals surface area contributed by atoms with Gasteiger partial charge in [0, 0.05) is 0 Å². The lowest BCUT2D eigenvalue weighted by Gasteiger charge is -2.24. The number of fused-ring (bicyclic) bond motifs is 1. The van der Waals surface area contributed by atoms with Crippen LogP contribution in [0.1, 0.15) is 13.8 Å². The summed E-state index contributed by atoms with van der Waals surface area (Å²) in [6.45, 7) is 2.97. The minimum absolute atomic E-state index is 0.468. The van der Waals surface area contributed by atoms with Gasteiger partial charge < -0.3 is 29.5 Å². The molecule has 2 aliphatic heterocycles. The second-order valence-corrected chi connectivity index (χ2v) is 4.31. The predicted octanol–water partition coefficient (Wildman–Crippen LogP) is -1.42. The summed E-state index contributed by atoms with van der Waals surface area (Å²) in [5.74, 6) is -0.786. The number of rotatable bonds is 2. The molecule has 0 saturated carbocycles.